The van der Waals surface area contributed by atoms with Crippen LogP contribution in [0.4, 0.5) is 8.78 Å². The van der Waals surface area contributed by atoms with E-state index in [1.807, 2.05) is 55.5 Å². The third-order valence-electron chi connectivity index (χ3n) is 2.72. The SMILES string of the molecule is Cc1cccc(F)c1.Cc1ccccc1F.c1ccccc1. The van der Waals surface area contributed by atoms with E-state index in [9.17, 15) is 8.78 Å². The third-order valence-corrected chi connectivity index (χ3v) is 2.72. The first-order chi connectivity index (χ1) is 10.6. The molecular formula is C20H20F2. The number of hydrogen-bond acceptors (Lipinski definition) is 0. The minimum atomic E-state index is -0.162. The summed E-state index contributed by atoms with van der Waals surface area (Å²) in [4.78, 5) is 0. The fourth-order valence-corrected chi connectivity index (χ4v) is 1.54. The van der Waals surface area contributed by atoms with Gasteiger partial charge in [-0.25, -0.2) is 8.78 Å². The predicted octanol–water partition coefficient (Wildman–Crippen LogP) is 5.95. The Morgan fingerprint density at radius 1 is 0.591 bits per heavy atom. The first-order valence-corrected chi connectivity index (χ1v) is 7.03. The Kier molecular flexibility index (Phi) is 8.21. The molecule has 22 heavy (non-hydrogen) atoms. The molecule has 0 saturated heterocycles. The minimum Gasteiger partial charge on any atom is -0.207 e. The van der Waals surface area contributed by atoms with Gasteiger partial charge >= 0.3 is 0 Å². The van der Waals surface area contributed by atoms with Gasteiger partial charge < -0.3 is 0 Å². The van der Waals surface area contributed by atoms with E-state index in [4.69, 9.17) is 0 Å². The average molecular weight is 298 g/mol. The summed E-state index contributed by atoms with van der Waals surface area (Å²) in [5.74, 6) is -0.294. The molecule has 0 nitrogen and oxygen atoms in total. The molecule has 0 atom stereocenters. The van der Waals surface area contributed by atoms with Crippen LogP contribution in [0, 0.1) is 25.5 Å². The van der Waals surface area contributed by atoms with Gasteiger partial charge in [0.2, 0.25) is 0 Å². The van der Waals surface area contributed by atoms with E-state index in [1.54, 1.807) is 25.1 Å². The molecule has 0 amide bonds. The molecule has 0 radical (unpaired) electrons. The van der Waals surface area contributed by atoms with Gasteiger partial charge in [0.05, 0.1) is 0 Å². The molecule has 3 aromatic rings. The minimum absolute atomic E-state index is 0.132. The highest BCUT2D eigenvalue weighted by molar-refractivity contribution is 5.14. The summed E-state index contributed by atoms with van der Waals surface area (Å²) in [6.07, 6.45) is 0. The zero-order valence-corrected chi connectivity index (χ0v) is 12.8. The zero-order valence-electron chi connectivity index (χ0n) is 12.8. The van der Waals surface area contributed by atoms with E-state index in [0.29, 0.717) is 5.56 Å². The van der Waals surface area contributed by atoms with Crippen molar-refractivity contribution in [1.82, 2.24) is 0 Å². The van der Waals surface area contributed by atoms with Crippen LogP contribution in [0.25, 0.3) is 0 Å². The van der Waals surface area contributed by atoms with Crippen molar-refractivity contribution in [2.75, 3.05) is 0 Å². The molecule has 0 aromatic heterocycles. The molecule has 3 aromatic carbocycles. The Morgan fingerprint density at radius 2 is 1.14 bits per heavy atom. The summed E-state index contributed by atoms with van der Waals surface area (Å²) < 4.78 is 24.5. The Labute approximate surface area is 131 Å². The lowest BCUT2D eigenvalue weighted by molar-refractivity contribution is 0.618. The van der Waals surface area contributed by atoms with E-state index in [1.165, 1.54) is 18.2 Å². The van der Waals surface area contributed by atoms with Crippen molar-refractivity contribution < 1.29 is 8.78 Å². The van der Waals surface area contributed by atoms with Crippen LogP contribution in [-0.2, 0) is 0 Å². The van der Waals surface area contributed by atoms with Gasteiger partial charge in [-0.3, -0.25) is 0 Å². The molecule has 0 saturated carbocycles. The summed E-state index contributed by atoms with van der Waals surface area (Å²) >= 11 is 0. The number of rotatable bonds is 0. The Bertz CT molecular complexity index is 584. The first-order valence-electron chi connectivity index (χ1n) is 7.03. The van der Waals surface area contributed by atoms with Crippen LogP contribution in [-0.4, -0.2) is 0 Å². The van der Waals surface area contributed by atoms with E-state index >= 15 is 0 Å². The van der Waals surface area contributed by atoms with Gasteiger partial charge in [0, 0.05) is 0 Å². The lowest BCUT2D eigenvalue weighted by atomic mass is 10.2. The van der Waals surface area contributed by atoms with Gasteiger partial charge in [-0.15, -0.1) is 0 Å². The Morgan fingerprint density at radius 3 is 1.45 bits per heavy atom. The Hall–Kier alpha value is -2.48. The zero-order chi connectivity index (χ0) is 16.2. The predicted molar refractivity (Wildman–Crippen MR) is 88.7 cm³/mol. The molecule has 0 spiro atoms. The van der Waals surface area contributed by atoms with Crippen molar-refractivity contribution in [3.8, 4) is 0 Å². The molecule has 0 aliphatic carbocycles. The maximum absolute atomic E-state index is 12.3. The average Bonchev–Trinajstić information content (AvgIpc) is 2.53. The van der Waals surface area contributed by atoms with Crippen LogP contribution in [0.1, 0.15) is 11.1 Å². The summed E-state index contributed by atoms with van der Waals surface area (Å²) in [5.41, 5.74) is 1.66. The summed E-state index contributed by atoms with van der Waals surface area (Å²) in [5, 5.41) is 0. The molecule has 0 heterocycles. The second kappa shape index (κ2) is 10.3. The number of aryl methyl sites for hydroxylation is 2. The van der Waals surface area contributed by atoms with Gasteiger partial charge in [0.15, 0.2) is 0 Å². The smallest absolute Gasteiger partial charge is 0.126 e. The lowest BCUT2D eigenvalue weighted by Crippen LogP contribution is -1.76. The second-order valence-corrected chi connectivity index (χ2v) is 4.70. The maximum atomic E-state index is 12.3. The molecular weight excluding hydrogens is 278 g/mol. The van der Waals surface area contributed by atoms with Gasteiger partial charge in [-0.05, 0) is 43.2 Å². The van der Waals surface area contributed by atoms with E-state index in [2.05, 4.69) is 0 Å². The maximum Gasteiger partial charge on any atom is 0.126 e. The van der Waals surface area contributed by atoms with Crippen molar-refractivity contribution in [3.63, 3.8) is 0 Å². The van der Waals surface area contributed by atoms with E-state index in [0.717, 1.165) is 5.56 Å². The number of hydrogen-bond donors (Lipinski definition) is 0. The fraction of sp³-hybridized carbons (Fsp3) is 0.100. The summed E-state index contributed by atoms with van der Waals surface area (Å²) in [6, 6.07) is 25.2. The van der Waals surface area contributed by atoms with Gasteiger partial charge in [0.1, 0.15) is 11.6 Å². The third kappa shape index (κ3) is 7.95. The van der Waals surface area contributed by atoms with E-state index in [-0.39, 0.29) is 11.6 Å². The standard InChI is InChI=1S/2C7H7F.C6H6/c1-6-3-2-4-7(8)5-6;1-6-4-2-3-5-7(6)8;1-2-4-6-5-3-1/h2*2-5H,1H3;1-6H. The first kappa shape index (κ1) is 17.6. The normalized spacial score (nSPS) is 8.91. The molecule has 0 unspecified atom stereocenters. The molecule has 0 bridgehead atoms. The van der Waals surface area contributed by atoms with Crippen molar-refractivity contribution in [2.45, 2.75) is 13.8 Å². The van der Waals surface area contributed by atoms with Crippen LogP contribution in [0.5, 0.6) is 0 Å². The van der Waals surface area contributed by atoms with Crippen molar-refractivity contribution in [3.05, 3.63) is 108 Å². The molecule has 0 aliphatic heterocycles. The molecule has 0 N–H and O–H groups in total. The number of benzene rings is 3. The highest BCUT2D eigenvalue weighted by atomic mass is 19.1. The lowest BCUT2D eigenvalue weighted by Gasteiger charge is -1.89. The van der Waals surface area contributed by atoms with Crippen molar-refractivity contribution in [1.29, 1.82) is 0 Å². The Balaban J connectivity index is 0.000000167. The van der Waals surface area contributed by atoms with Crippen molar-refractivity contribution >= 4 is 0 Å². The monoisotopic (exact) mass is 298 g/mol. The molecule has 3 rings (SSSR count). The number of halogens is 2. The highest BCUT2D eigenvalue weighted by Gasteiger charge is 1.88. The topological polar surface area (TPSA) is 0 Å². The second-order valence-electron chi connectivity index (χ2n) is 4.70. The molecule has 114 valence electrons. The van der Waals surface area contributed by atoms with Crippen LogP contribution in [0.2, 0.25) is 0 Å². The van der Waals surface area contributed by atoms with Crippen LogP contribution >= 0.6 is 0 Å². The van der Waals surface area contributed by atoms with E-state index < -0.39 is 0 Å². The van der Waals surface area contributed by atoms with Gasteiger partial charge in [-0.2, -0.15) is 0 Å². The molecule has 2 heteroatoms. The quantitative estimate of drug-likeness (QED) is 0.480. The van der Waals surface area contributed by atoms with Crippen LogP contribution in [0.15, 0.2) is 84.9 Å². The summed E-state index contributed by atoms with van der Waals surface area (Å²) in [7, 11) is 0. The molecule has 0 aliphatic rings. The fourth-order valence-electron chi connectivity index (χ4n) is 1.54. The summed E-state index contributed by atoms with van der Waals surface area (Å²) in [6.45, 7) is 3.61. The van der Waals surface area contributed by atoms with Crippen LogP contribution < -0.4 is 0 Å². The molecule has 0 fully saturated rings. The largest absolute Gasteiger partial charge is 0.207 e. The van der Waals surface area contributed by atoms with Crippen molar-refractivity contribution in [2.24, 2.45) is 0 Å². The van der Waals surface area contributed by atoms with Crippen LogP contribution in [0.3, 0.4) is 0 Å². The highest BCUT2D eigenvalue weighted by Crippen LogP contribution is 2.02. The van der Waals surface area contributed by atoms with Gasteiger partial charge in [-0.1, -0.05) is 66.7 Å². The van der Waals surface area contributed by atoms with Gasteiger partial charge in [0.25, 0.3) is 0 Å².